The highest BCUT2D eigenvalue weighted by Crippen LogP contribution is 2.30. The molecule has 1 aromatic heterocycles. The molecule has 0 unspecified atom stereocenters. The van der Waals surface area contributed by atoms with Crippen LogP contribution in [0.15, 0.2) is 48.5 Å². The van der Waals surface area contributed by atoms with Crippen LogP contribution in [0.2, 0.25) is 0 Å². The van der Waals surface area contributed by atoms with E-state index in [-0.39, 0.29) is 5.97 Å². The summed E-state index contributed by atoms with van der Waals surface area (Å²) in [4.78, 5) is 14.4. The fraction of sp³-hybridized carbons (Fsp3) is 0.318. The number of fused-ring (bicyclic) bond motifs is 1. The topological polar surface area (TPSA) is 52.3 Å². The number of methoxy groups -OCH3 is 1. The van der Waals surface area contributed by atoms with E-state index >= 15 is 0 Å². The summed E-state index contributed by atoms with van der Waals surface area (Å²) in [6.07, 6.45) is 1.84. The van der Waals surface area contributed by atoms with E-state index in [4.69, 9.17) is 17.0 Å². The first-order chi connectivity index (χ1) is 14.1. The van der Waals surface area contributed by atoms with Gasteiger partial charge in [0.2, 0.25) is 0 Å². The molecule has 6 nitrogen and oxygen atoms in total. The number of aromatic nitrogens is 3. The van der Waals surface area contributed by atoms with E-state index in [2.05, 4.69) is 32.8 Å². The number of hydrogen-bond donors (Lipinski definition) is 0. The largest absolute Gasteiger partial charge is 0.465 e. The van der Waals surface area contributed by atoms with Crippen LogP contribution in [0, 0.1) is 11.7 Å². The van der Waals surface area contributed by atoms with Crippen molar-refractivity contribution in [3.8, 4) is 0 Å². The van der Waals surface area contributed by atoms with Crippen molar-refractivity contribution in [3.05, 3.63) is 75.8 Å². The van der Waals surface area contributed by atoms with Crippen LogP contribution in [0.25, 0.3) is 0 Å². The van der Waals surface area contributed by atoms with Gasteiger partial charge >= 0.3 is 5.97 Å². The molecule has 150 valence electrons. The van der Waals surface area contributed by atoms with Gasteiger partial charge in [0.1, 0.15) is 12.5 Å². The second-order valence-corrected chi connectivity index (χ2v) is 7.57. The Morgan fingerprint density at radius 1 is 1.17 bits per heavy atom. The number of ether oxygens (including phenoxy) is 1. The molecule has 0 amide bonds. The molecule has 0 bridgehead atoms. The van der Waals surface area contributed by atoms with Gasteiger partial charge in [0.25, 0.3) is 0 Å². The molecule has 7 heteroatoms. The number of rotatable bonds is 5. The number of anilines is 1. The lowest BCUT2D eigenvalue weighted by molar-refractivity contribution is 0.0599. The summed E-state index contributed by atoms with van der Waals surface area (Å²) < 4.78 is 9.58. The number of aryl methyl sites for hydroxylation is 1. The third-order valence-corrected chi connectivity index (χ3v) is 5.78. The highest BCUT2D eigenvalue weighted by Gasteiger charge is 2.23. The molecule has 0 saturated carbocycles. The fourth-order valence-corrected chi connectivity index (χ4v) is 4.20. The molecule has 1 aliphatic rings. The third-order valence-electron chi connectivity index (χ3n) is 5.35. The maximum absolute atomic E-state index is 12.1. The lowest BCUT2D eigenvalue weighted by atomic mass is 9.96. The van der Waals surface area contributed by atoms with E-state index in [9.17, 15) is 4.79 Å². The molecule has 1 aliphatic heterocycles. The molecule has 0 radical (unpaired) electrons. The van der Waals surface area contributed by atoms with E-state index in [1.807, 2.05) is 41.9 Å². The third kappa shape index (κ3) is 3.82. The summed E-state index contributed by atoms with van der Waals surface area (Å²) in [5.41, 5.74) is 3.93. The second kappa shape index (κ2) is 8.21. The van der Waals surface area contributed by atoms with Crippen LogP contribution < -0.4 is 4.90 Å². The number of carbonyl (C=O) groups is 1. The Morgan fingerprint density at radius 2 is 1.97 bits per heavy atom. The van der Waals surface area contributed by atoms with Crippen LogP contribution in [0.5, 0.6) is 0 Å². The Morgan fingerprint density at radius 3 is 2.72 bits per heavy atom. The molecule has 0 fully saturated rings. The number of carbonyl (C=O) groups excluding carboxylic acids is 1. The Hall–Kier alpha value is -2.93. The van der Waals surface area contributed by atoms with Crippen LogP contribution in [0.1, 0.15) is 33.7 Å². The molecule has 2 aromatic carbocycles. The van der Waals surface area contributed by atoms with Gasteiger partial charge in [0, 0.05) is 12.2 Å². The summed E-state index contributed by atoms with van der Waals surface area (Å²) in [6.45, 7) is 4.13. The zero-order valence-electron chi connectivity index (χ0n) is 16.7. The summed E-state index contributed by atoms with van der Waals surface area (Å²) >= 11 is 5.73. The van der Waals surface area contributed by atoms with Crippen molar-refractivity contribution in [1.82, 2.24) is 14.3 Å². The van der Waals surface area contributed by atoms with Crippen molar-refractivity contribution in [2.45, 2.75) is 33.0 Å². The van der Waals surface area contributed by atoms with Gasteiger partial charge in [0.15, 0.2) is 4.77 Å². The van der Waals surface area contributed by atoms with Crippen molar-refractivity contribution < 1.29 is 9.53 Å². The average Bonchev–Trinajstić information content (AvgIpc) is 3.01. The predicted octanol–water partition coefficient (Wildman–Crippen LogP) is 3.97. The normalized spacial score (nSPS) is 13.2. The first-order valence-corrected chi connectivity index (χ1v) is 10.1. The van der Waals surface area contributed by atoms with Gasteiger partial charge in [-0.2, -0.15) is 5.10 Å². The van der Waals surface area contributed by atoms with E-state index in [0.717, 1.165) is 36.5 Å². The molecule has 4 rings (SSSR count). The lowest BCUT2D eigenvalue weighted by Gasteiger charge is -2.31. The van der Waals surface area contributed by atoms with Gasteiger partial charge in [-0.3, -0.25) is 4.57 Å². The summed E-state index contributed by atoms with van der Waals surface area (Å²) in [6, 6.07) is 16.0. The maximum Gasteiger partial charge on any atom is 0.338 e. The van der Waals surface area contributed by atoms with Gasteiger partial charge in [-0.25, -0.2) is 9.48 Å². The maximum atomic E-state index is 12.1. The Labute approximate surface area is 175 Å². The van der Waals surface area contributed by atoms with Crippen molar-refractivity contribution in [1.29, 1.82) is 0 Å². The molecule has 0 atom stereocenters. The zero-order valence-corrected chi connectivity index (χ0v) is 17.5. The van der Waals surface area contributed by atoms with Crippen LogP contribution in [0.3, 0.4) is 0 Å². The fourth-order valence-electron chi connectivity index (χ4n) is 3.90. The van der Waals surface area contributed by atoms with E-state index in [1.165, 1.54) is 12.7 Å². The van der Waals surface area contributed by atoms with Crippen molar-refractivity contribution >= 4 is 23.9 Å². The molecular formula is C22H24N4O2S. The molecule has 2 heterocycles. The predicted molar refractivity (Wildman–Crippen MR) is 115 cm³/mol. The second-order valence-electron chi connectivity index (χ2n) is 7.20. The summed E-state index contributed by atoms with van der Waals surface area (Å²) in [5.74, 6) is 0.600. The van der Waals surface area contributed by atoms with Gasteiger partial charge in [-0.15, -0.1) is 0 Å². The van der Waals surface area contributed by atoms with Crippen LogP contribution >= 0.6 is 12.2 Å². The van der Waals surface area contributed by atoms with Crippen molar-refractivity contribution in [3.63, 3.8) is 0 Å². The highest BCUT2D eigenvalue weighted by molar-refractivity contribution is 7.71. The van der Waals surface area contributed by atoms with Crippen molar-refractivity contribution in [2.75, 3.05) is 18.6 Å². The number of benzene rings is 2. The Bertz CT molecular complexity index is 1090. The van der Waals surface area contributed by atoms with E-state index < -0.39 is 0 Å². The van der Waals surface area contributed by atoms with Gasteiger partial charge < -0.3 is 9.64 Å². The van der Waals surface area contributed by atoms with Crippen LogP contribution in [-0.2, 0) is 24.4 Å². The molecule has 0 saturated heterocycles. The lowest BCUT2D eigenvalue weighted by Crippen LogP contribution is -2.33. The number of nitrogens with zero attached hydrogens (tertiary/aromatic N) is 4. The van der Waals surface area contributed by atoms with E-state index in [0.29, 0.717) is 23.5 Å². The standard InChI is InChI=1S/C22H24N4O2S/c1-16-23-26(22(29)25(16)14-17-8-4-3-5-9-17)15-24-13-7-11-18-19(21(27)28-2)10-6-12-20(18)24/h3-6,8-10,12H,7,11,13-15H2,1-2H3. The Balaban J connectivity index is 1.63. The minimum Gasteiger partial charge on any atom is -0.465 e. The molecule has 3 aromatic rings. The molecule has 0 N–H and O–H groups in total. The zero-order chi connectivity index (χ0) is 20.4. The van der Waals surface area contributed by atoms with Crippen LogP contribution in [0.4, 0.5) is 5.69 Å². The quantitative estimate of drug-likeness (QED) is 0.472. The van der Waals surface area contributed by atoms with Gasteiger partial charge in [-0.05, 0) is 55.2 Å². The number of hydrogen-bond acceptors (Lipinski definition) is 5. The first-order valence-electron chi connectivity index (χ1n) is 9.72. The minimum atomic E-state index is -0.289. The Kier molecular flexibility index (Phi) is 5.49. The van der Waals surface area contributed by atoms with Gasteiger partial charge in [0.05, 0.1) is 19.2 Å². The smallest absolute Gasteiger partial charge is 0.338 e. The highest BCUT2D eigenvalue weighted by atomic mass is 32.1. The van der Waals surface area contributed by atoms with Crippen LogP contribution in [-0.4, -0.2) is 34.0 Å². The molecular weight excluding hydrogens is 384 g/mol. The molecule has 0 spiro atoms. The summed E-state index contributed by atoms with van der Waals surface area (Å²) in [7, 11) is 1.42. The first kappa shape index (κ1) is 19.4. The monoisotopic (exact) mass is 408 g/mol. The minimum absolute atomic E-state index is 0.289. The average molecular weight is 409 g/mol. The summed E-state index contributed by atoms with van der Waals surface area (Å²) in [5, 5.41) is 4.69. The SMILES string of the molecule is COC(=O)c1cccc2c1CCCN2Cn1nc(C)n(Cc2ccccc2)c1=S. The molecule has 29 heavy (non-hydrogen) atoms. The van der Waals surface area contributed by atoms with E-state index in [1.54, 1.807) is 0 Å². The van der Waals surface area contributed by atoms with Crippen molar-refractivity contribution in [2.24, 2.45) is 0 Å². The number of esters is 1. The molecule has 0 aliphatic carbocycles. The van der Waals surface area contributed by atoms with Gasteiger partial charge in [-0.1, -0.05) is 36.4 Å².